The van der Waals surface area contributed by atoms with Crippen molar-refractivity contribution in [2.45, 2.75) is 11.9 Å². The van der Waals surface area contributed by atoms with Crippen molar-refractivity contribution in [2.24, 2.45) is 0 Å². The van der Waals surface area contributed by atoms with Crippen molar-refractivity contribution < 1.29 is 40.7 Å². The average molecular weight is 495 g/mol. The van der Waals surface area contributed by atoms with Gasteiger partial charge in [-0.25, -0.2) is 13.5 Å². The smallest absolute Gasteiger partial charge is 0.193 e. The Labute approximate surface area is 135 Å². The molecule has 0 spiro atoms. The third-order valence-corrected chi connectivity index (χ3v) is 3.52. The number of sulfone groups is 1. The fourth-order valence-corrected chi connectivity index (χ4v) is 2.34. The maximum absolute atomic E-state index is 11.6. The van der Waals surface area contributed by atoms with Gasteiger partial charge in [0.15, 0.2) is 14.9 Å². The van der Waals surface area contributed by atoms with Crippen LogP contribution in [0.2, 0.25) is 0 Å². The molecule has 0 aliphatic heterocycles. The Kier molecular flexibility index (Phi) is 4.24. The summed E-state index contributed by atoms with van der Waals surface area (Å²) in [5.41, 5.74) is 6.85. The van der Waals surface area contributed by atoms with E-state index in [2.05, 4.69) is 17.0 Å². The molecule has 0 saturated carbocycles. The molecule has 2 N–H and O–H groups in total. The zero-order chi connectivity index (χ0) is 13.7. The topological polar surface area (TPSA) is 114 Å². The van der Waals surface area contributed by atoms with E-state index in [0.29, 0.717) is 11.3 Å². The van der Waals surface area contributed by atoms with E-state index in [1.54, 1.807) is 13.0 Å². The molecule has 0 aliphatic carbocycles. The molecule has 0 atom stereocenters. The SMILES string of the molecule is [CH2-]c1c(C)nn2c(N)c(C#N)c(S(C)(=O)=O)nc12.[Pa]. The third-order valence-electron chi connectivity index (χ3n) is 2.53. The first-order valence-electron chi connectivity index (χ1n) is 4.88. The second kappa shape index (κ2) is 5.07. The molecule has 0 aliphatic rings. The minimum absolute atomic E-state index is 0. The molecule has 0 saturated heterocycles. The van der Waals surface area contributed by atoms with Gasteiger partial charge in [0.1, 0.15) is 17.5 Å². The van der Waals surface area contributed by atoms with Crippen molar-refractivity contribution in [3.05, 3.63) is 23.7 Å². The number of rotatable bonds is 1. The van der Waals surface area contributed by atoms with E-state index < -0.39 is 9.84 Å². The van der Waals surface area contributed by atoms with Crippen LogP contribution in [0, 0.1) is 57.5 Å². The molecule has 2 aromatic heterocycles. The Hall–Kier alpha value is -1.18. The third kappa shape index (κ3) is 2.45. The minimum atomic E-state index is -3.65. The maximum atomic E-state index is 11.6. The molecule has 2 rings (SSSR count). The number of nitriles is 1. The number of nitrogens with zero attached hydrogens (tertiary/aromatic N) is 4. The number of aryl methyl sites for hydroxylation is 1. The molecule has 19 heavy (non-hydrogen) atoms. The van der Waals surface area contributed by atoms with Gasteiger partial charge in [0.2, 0.25) is 0 Å². The van der Waals surface area contributed by atoms with E-state index in [1.165, 1.54) is 4.52 Å². The zero-order valence-electron chi connectivity index (χ0n) is 10.4. The van der Waals surface area contributed by atoms with Gasteiger partial charge in [0.05, 0.1) is 5.65 Å². The molecule has 0 fully saturated rings. The number of hydrogen-bond donors (Lipinski definition) is 1. The van der Waals surface area contributed by atoms with Crippen molar-refractivity contribution in [2.75, 3.05) is 12.0 Å². The summed E-state index contributed by atoms with van der Waals surface area (Å²) in [4.78, 5) is 3.95. The number of fused-ring (bicyclic) bond motifs is 1. The van der Waals surface area contributed by atoms with Crippen molar-refractivity contribution in [1.29, 1.82) is 5.26 Å². The van der Waals surface area contributed by atoms with Gasteiger partial charge in [-0.3, -0.25) is 9.50 Å². The molecule has 0 bridgehead atoms. The van der Waals surface area contributed by atoms with Gasteiger partial charge in [-0.05, 0) is 5.69 Å². The van der Waals surface area contributed by atoms with E-state index in [4.69, 9.17) is 11.0 Å². The summed E-state index contributed by atoms with van der Waals surface area (Å²) in [6.45, 7) is 5.45. The normalized spacial score (nSPS) is 11.0. The van der Waals surface area contributed by atoms with Crippen LogP contribution in [-0.4, -0.2) is 29.3 Å². The Bertz CT molecular complexity index is 804. The predicted molar refractivity (Wildman–Crippen MR) is 64.4 cm³/mol. The second-order valence-corrected chi connectivity index (χ2v) is 5.79. The van der Waals surface area contributed by atoms with E-state index in [-0.39, 0.29) is 54.4 Å². The largest absolute Gasteiger partial charge is 0.383 e. The minimum Gasteiger partial charge on any atom is -0.383 e. The molecular weight excluding hydrogens is 485 g/mol. The molecule has 0 amide bonds. The average Bonchev–Trinajstić information content (AvgIpc) is 2.55. The van der Waals surface area contributed by atoms with Gasteiger partial charge >= 0.3 is 0 Å². The molecule has 9 heteroatoms. The van der Waals surface area contributed by atoms with Crippen LogP contribution in [-0.2, 0) is 9.84 Å². The van der Waals surface area contributed by atoms with Crippen LogP contribution < -0.4 is 5.73 Å². The van der Waals surface area contributed by atoms with Crippen LogP contribution in [0.15, 0.2) is 5.03 Å². The van der Waals surface area contributed by atoms with Gasteiger partial charge in [0.25, 0.3) is 0 Å². The van der Waals surface area contributed by atoms with Gasteiger partial charge in [-0.2, -0.15) is 12.2 Å². The molecule has 7 nitrogen and oxygen atoms in total. The quantitative estimate of drug-likeness (QED) is 0.443. The van der Waals surface area contributed by atoms with Crippen LogP contribution >= 0.6 is 0 Å². The Morgan fingerprint density at radius 3 is 2.53 bits per heavy atom. The summed E-state index contributed by atoms with van der Waals surface area (Å²) in [5, 5.41) is 12.7. The molecule has 97 valence electrons. The molecule has 2 heterocycles. The maximum Gasteiger partial charge on any atom is 0.193 e. The molecule has 0 unspecified atom stereocenters. The van der Waals surface area contributed by atoms with Crippen LogP contribution in [0.25, 0.3) is 5.65 Å². The summed E-state index contributed by atoms with van der Waals surface area (Å²) in [6, 6.07) is 1.74. The van der Waals surface area contributed by atoms with Crippen LogP contribution in [0.5, 0.6) is 0 Å². The fourth-order valence-electron chi connectivity index (χ4n) is 1.57. The Morgan fingerprint density at radius 1 is 1.47 bits per heavy atom. The van der Waals surface area contributed by atoms with Crippen molar-refractivity contribution in [3.8, 4) is 6.07 Å². The molecule has 1 radical (unpaired) electrons. The number of anilines is 1. The fraction of sp³-hybridized carbons (Fsp3) is 0.200. The standard InChI is InChI=1S/C10H10N5O2S.Pa/c1-5-6(2)14-15-8(12)7(4-11)10(13-9(5)15)18(3,16)17;/h1,12H2,2-3H3;/q-1;. The number of nitrogen functional groups attached to an aromatic ring is 1. The first-order valence-corrected chi connectivity index (χ1v) is 6.77. The predicted octanol–water partition coefficient (Wildman–Crippen LogP) is 0.0773. The van der Waals surface area contributed by atoms with E-state index in [0.717, 1.165) is 6.26 Å². The van der Waals surface area contributed by atoms with Crippen LogP contribution in [0.1, 0.15) is 16.8 Å². The van der Waals surface area contributed by atoms with E-state index in [1.807, 2.05) is 0 Å². The van der Waals surface area contributed by atoms with Crippen molar-refractivity contribution in [3.63, 3.8) is 0 Å². The van der Waals surface area contributed by atoms with Gasteiger partial charge in [-0.15, -0.1) is 5.56 Å². The van der Waals surface area contributed by atoms with Gasteiger partial charge < -0.3 is 5.73 Å². The second-order valence-electron chi connectivity index (χ2n) is 3.86. The van der Waals surface area contributed by atoms with E-state index >= 15 is 0 Å². The van der Waals surface area contributed by atoms with Crippen LogP contribution in [0.4, 0.5) is 5.82 Å². The number of hydrogen-bond acceptors (Lipinski definition) is 6. The van der Waals surface area contributed by atoms with Crippen LogP contribution in [0.3, 0.4) is 0 Å². The monoisotopic (exact) mass is 495 g/mol. The Balaban J connectivity index is 0.00000180. The summed E-state index contributed by atoms with van der Waals surface area (Å²) in [7, 11) is -3.65. The van der Waals surface area contributed by atoms with E-state index in [9.17, 15) is 8.42 Å². The first kappa shape index (κ1) is 15.9. The summed E-state index contributed by atoms with van der Waals surface area (Å²) >= 11 is 0. The zero-order valence-corrected chi connectivity index (χ0v) is 16.0. The first-order chi connectivity index (χ1) is 8.27. The number of aromatic nitrogens is 3. The van der Waals surface area contributed by atoms with Gasteiger partial charge in [-0.1, -0.05) is 6.92 Å². The summed E-state index contributed by atoms with van der Waals surface area (Å²) in [5.74, 6) is -0.0547. The molecular formula is C10H10N5O2PaS-. The Morgan fingerprint density at radius 2 is 2.05 bits per heavy atom. The van der Waals surface area contributed by atoms with Crippen molar-refractivity contribution >= 4 is 21.3 Å². The molecule has 0 aromatic carbocycles. The summed E-state index contributed by atoms with van der Waals surface area (Å²) in [6.07, 6.45) is 0.970. The van der Waals surface area contributed by atoms with Crippen molar-refractivity contribution in [1.82, 2.24) is 14.6 Å². The molecule has 2 aromatic rings. The number of nitrogens with two attached hydrogens (primary N) is 1. The van der Waals surface area contributed by atoms with Gasteiger partial charge in [0, 0.05) is 38.6 Å². The summed E-state index contributed by atoms with van der Waals surface area (Å²) < 4.78 is 24.4.